The quantitative estimate of drug-likeness (QED) is 0.787. The van der Waals surface area contributed by atoms with Crippen molar-refractivity contribution >= 4 is 34.6 Å². The largest absolute Gasteiger partial charge is 0.423 e. The van der Waals surface area contributed by atoms with Crippen LogP contribution in [0.5, 0.6) is 0 Å². The van der Waals surface area contributed by atoms with Gasteiger partial charge in [0.25, 0.3) is 11.9 Å². The summed E-state index contributed by atoms with van der Waals surface area (Å²) in [5.74, 6) is -2.74. The molecule has 2 fully saturated rings. The number of benzene rings is 1. The molecule has 26 heavy (non-hydrogen) atoms. The first-order valence-electron chi connectivity index (χ1n) is 8.89. The summed E-state index contributed by atoms with van der Waals surface area (Å²) in [6, 6.07) is 5.83. The zero-order valence-corrected chi connectivity index (χ0v) is 15.0. The molecule has 2 aliphatic heterocycles. The molecule has 0 radical (unpaired) electrons. The van der Waals surface area contributed by atoms with Gasteiger partial charge in [0.15, 0.2) is 5.58 Å². The molecule has 3 heterocycles. The number of anilines is 1. The van der Waals surface area contributed by atoms with Crippen LogP contribution in [0, 0.1) is 5.92 Å². The molecular weight excluding hydrogens is 364 g/mol. The van der Waals surface area contributed by atoms with E-state index in [1.807, 2.05) is 4.90 Å². The van der Waals surface area contributed by atoms with Gasteiger partial charge in [-0.05, 0) is 31.0 Å². The van der Waals surface area contributed by atoms with Gasteiger partial charge >= 0.3 is 0 Å². The Morgan fingerprint density at radius 2 is 1.88 bits per heavy atom. The highest BCUT2D eigenvalue weighted by Crippen LogP contribution is 2.31. The second-order valence-corrected chi connectivity index (χ2v) is 7.49. The minimum atomic E-state index is -2.63. The molecule has 1 amide bonds. The van der Waals surface area contributed by atoms with Crippen molar-refractivity contribution in [2.24, 2.45) is 5.92 Å². The standard InChI is InChI=1S/C18H20ClF2N3O2/c19-13-1-2-15-14(11-13)22-17(26-15)24-7-3-12(4-8-24)16(25)23-9-5-18(20,21)6-10-23/h1-2,11-12H,3-10H2. The molecule has 0 atom stereocenters. The van der Waals surface area contributed by atoms with Crippen molar-refractivity contribution in [1.29, 1.82) is 0 Å². The van der Waals surface area contributed by atoms with Gasteiger partial charge in [0.2, 0.25) is 5.91 Å². The van der Waals surface area contributed by atoms with Crippen molar-refractivity contribution in [3.8, 4) is 0 Å². The number of likely N-dealkylation sites (tertiary alicyclic amines) is 1. The first-order chi connectivity index (χ1) is 12.4. The van der Waals surface area contributed by atoms with Crippen LogP contribution in [-0.2, 0) is 4.79 Å². The summed E-state index contributed by atoms with van der Waals surface area (Å²) < 4.78 is 32.3. The number of halogens is 3. The van der Waals surface area contributed by atoms with Crippen molar-refractivity contribution in [1.82, 2.24) is 9.88 Å². The number of rotatable bonds is 2. The topological polar surface area (TPSA) is 49.6 Å². The van der Waals surface area contributed by atoms with E-state index in [1.54, 1.807) is 23.1 Å². The monoisotopic (exact) mass is 383 g/mol. The molecule has 1 aromatic carbocycles. The number of carbonyl (C=O) groups excluding carboxylic acids is 1. The molecule has 2 aliphatic rings. The van der Waals surface area contributed by atoms with Gasteiger partial charge < -0.3 is 14.2 Å². The molecule has 4 rings (SSSR count). The van der Waals surface area contributed by atoms with Crippen LogP contribution in [0.3, 0.4) is 0 Å². The summed E-state index contributed by atoms with van der Waals surface area (Å²) in [7, 11) is 0. The number of nitrogens with zero attached hydrogens (tertiary/aromatic N) is 3. The number of carbonyl (C=O) groups is 1. The van der Waals surface area contributed by atoms with Crippen molar-refractivity contribution in [3.05, 3.63) is 23.2 Å². The van der Waals surface area contributed by atoms with Crippen LogP contribution in [-0.4, -0.2) is 47.9 Å². The molecule has 5 nitrogen and oxygen atoms in total. The Balaban J connectivity index is 1.36. The van der Waals surface area contributed by atoms with Gasteiger partial charge in [0.1, 0.15) is 5.52 Å². The minimum absolute atomic E-state index is 0.00416. The van der Waals surface area contributed by atoms with E-state index in [0.29, 0.717) is 48.1 Å². The Bertz CT molecular complexity index is 808. The zero-order valence-electron chi connectivity index (χ0n) is 14.3. The lowest BCUT2D eigenvalue weighted by Crippen LogP contribution is -2.47. The number of amides is 1. The maximum atomic E-state index is 13.3. The lowest BCUT2D eigenvalue weighted by atomic mass is 9.94. The Morgan fingerprint density at radius 3 is 2.58 bits per heavy atom. The Hall–Kier alpha value is -1.89. The van der Waals surface area contributed by atoms with Crippen LogP contribution in [0.1, 0.15) is 25.7 Å². The molecule has 0 spiro atoms. The fourth-order valence-corrected chi connectivity index (χ4v) is 3.82. The average Bonchev–Trinajstić information content (AvgIpc) is 3.04. The van der Waals surface area contributed by atoms with Crippen LogP contribution >= 0.6 is 11.6 Å². The van der Waals surface area contributed by atoms with Gasteiger partial charge in [-0.3, -0.25) is 4.79 Å². The molecule has 0 aliphatic carbocycles. The number of alkyl halides is 2. The highest BCUT2D eigenvalue weighted by molar-refractivity contribution is 6.31. The van der Waals surface area contributed by atoms with E-state index in [9.17, 15) is 13.6 Å². The number of hydrogen-bond donors (Lipinski definition) is 0. The van der Waals surface area contributed by atoms with Crippen LogP contribution in [0.25, 0.3) is 11.1 Å². The van der Waals surface area contributed by atoms with Crippen molar-refractivity contribution < 1.29 is 18.0 Å². The average molecular weight is 384 g/mol. The predicted molar refractivity (Wildman–Crippen MR) is 94.7 cm³/mol. The summed E-state index contributed by atoms with van der Waals surface area (Å²) in [6.07, 6.45) is 0.877. The van der Waals surface area contributed by atoms with Crippen LogP contribution in [0.4, 0.5) is 14.8 Å². The van der Waals surface area contributed by atoms with Gasteiger partial charge in [-0.15, -0.1) is 0 Å². The smallest absolute Gasteiger partial charge is 0.298 e. The minimum Gasteiger partial charge on any atom is -0.423 e. The normalized spacial score (nSPS) is 21.3. The van der Waals surface area contributed by atoms with Crippen molar-refractivity contribution in [2.45, 2.75) is 31.6 Å². The highest BCUT2D eigenvalue weighted by Gasteiger charge is 2.38. The molecule has 2 aromatic rings. The number of oxazole rings is 1. The van der Waals surface area contributed by atoms with E-state index in [-0.39, 0.29) is 37.8 Å². The second-order valence-electron chi connectivity index (χ2n) is 7.05. The van der Waals surface area contributed by atoms with Gasteiger partial charge in [0.05, 0.1) is 0 Å². The van der Waals surface area contributed by atoms with E-state index in [1.165, 1.54) is 0 Å². The SMILES string of the molecule is O=C(C1CCN(c2nc3cc(Cl)ccc3o2)CC1)N1CCC(F)(F)CC1. The Labute approximate surface area is 154 Å². The molecule has 0 bridgehead atoms. The summed E-state index contributed by atoms with van der Waals surface area (Å²) in [5.41, 5.74) is 1.39. The predicted octanol–water partition coefficient (Wildman–Crippen LogP) is 3.96. The maximum absolute atomic E-state index is 13.3. The fourth-order valence-electron chi connectivity index (χ4n) is 3.65. The molecule has 8 heteroatoms. The highest BCUT2D eigenvalue weighted by atomic mass is 35.5. The first-order valence-corrected chi connectivity index (χ1v) is 9.27. The lowest BCUT2D eigenvalue weighted by molar-refractivity contribution is -0.142. The molecule has 2 saturated heterocycles. The molecule has 1 aromatic heterocycles. The number of piperidine rings is 2. The van der Waals surface area contributed by atoms with Crippen LogP contribution in [0.2, 0.25) is 5.02 Å². The number of aromatic nitrogens is 1. The third-order valence-electron chi connectivity index (χ3n) is 5.26. The summed E-state index contributed by atoms with van der Waals surface area (Å²) >= 11 is 5.97. The van der Waals surface area contributed by atoms with E-state index in [4.69, 9.17) is 16.0 Å². The van der Waals surface area contributed by atoms with Crippen molar-refractivity contribution in [3.63, 3.8) is 0 Å². The number of fused-ring (bicyclic) bond motifs is 1. The van der Waals surface area contributed by atoms with Gasteiger partial charge in [-0.1, -0.05) is 11.6 Å². The fraction of sp³-hybridized carbons (Fsp3) is 0.556. The van der Waals surface area contributed by atoms with Gasteiger partial charge in [-0.25, -0.2) is 8.78 Å². The van der Waals surface area contributed by atoms with E-state index < -0.39 is 5.92 Å². The molecule has 140 valence electrons. The Morgan fingerprint density at radius 1 is 1.19 bits per heavy atom. The third kappa shape index (κ3) is 3.49. The van der Waals surface area contributed by atoms with Gasteiger partial charge in [-0.2, -0.15) is 4.98 Å². The van der Waals surface area contributed by atoms with E-state index >= 15 is 0 Å². The number of hydrogen-bond acceptors (Lipinski definition) is 4. The van der Waals surface area contributed by atoms with Crippen molar-refractivity contribution in [2.75, 3.05) is 31.1 Å². The first kappa shape index (κ1) is 17.5. The summed E-state index contributed by atoms with van der Waals surface area (Å²) in [6.45, 7) is 1.61. The molecule has 0 N–H and O–H groups in total. The van der Waals surface area contributed by atoms with Crippen LogP contribution in [0.15, 0.2) is 22.6 Å². The zero-order chi connectivity index (χ0) is 18.3. The van der Waals surface area contributed by atoms with Gasteiger partial charge in [0, 0.05) is 50.0 Å². The maximum Gasteiger partial charge on any atom is 0.298 e. The lowest BCUT2D eigenvalue weighted by Gasteiger charge is -2.36. The molecule has 0 saturated carbocycles. The molecule has 0 unspecified atom stereocenters. The summed E-state index contributed by atoms with van der Waals surface area (Å²) in [5, 5.41) is 0.605. The second kappa shape index (κ2) is 6.68. The third-order valence-corrected chi connectivity index (χ3v) is 5.49. The summed E-state index contributed by atoms with van der Waals surface area (Å²) in [4.78, 5) is 20.7. The molecular formula is C18H20ClF2N3O2. The van der Waals surface area contributed by atoms with E-state index in [0.717, 1.165) is 0 Å². The van der Waals surface area contributed by atoms with E-state index in [2.05, 4.69) is 4.98 Å². The Kier molecular flexibility index (Phi) is 4.50. The van der Waals surface area contributed by atoms with Crippen LogP contribution < -0.4 is 4.90 Å².